The molecule has 2 aromatic carbocycles. The number of hydrogen-bond donors (Lipinski definition) is 1. The van der Waals surface area contributed by atoms with E-state index in [0.717, 1.165) is 23.3 Å². The minimum absolute atomic E-state index is 0.000259. The van der Waals surface area contributed by atoms with Gasteiger partial charge >= 0.3 is 0 Å². The minimum atomic E-state index is -0.535. The monoisotopic (exact) mass is 325 g/mol. The van der Waals surface area contributed by atoms with Gasteiger partial charge in [0.05, 0.1) is 6.04 Å². The van der Waals surface area contributed by atoms with Gasteiger partial charge in [-0.05, 0) is 62.4 Å². The second-order valence-corrected chi connectivity index (χ2v) is 6.34. The molecule has 0 aliphatic heterocycles. The van der Waals surface area contributed by atoms with Crippen LogP contribution >= 0.6 is 0 Å². The molecule has 0 unspecified atom stereocenters. The zero-order chi connectivity index (χ0) is 17.7. The third-order valence-corrected chi connectivity index (χ3v) is 4.42. The zero-order valence-corrected chi connectivity index (χ0v) is 15.2. The van der Waals surface area contributed by atoms with E-state index in [9.17, 15) is 4.79 Å². The maximum Gasteiger partial charge on any atom is 0.261 e. The summed E-state index contributed by atoms with van der Waals surface area (Å²) >= 11 is 0. The number of benzene rings is 2. The van der Waals surface area contributed by atoms with Crippen molar-refractivity contribution in [3.8, 4) is 5.75 Å². The van der Waals surface area contributed by atoms with Gasteiger partial charge in [0, 0.05) is 0 Å². The predicted molar refractivity (Wildman–Crippen MR) is 98.4 cm³/mol. The molecular formula is C21H27NO2. The molecule has 0 aromatic heterocycles. The molecule has 0 saturated carbocycles. The highest BCUT2D eigenvalue weighted by Crippen LogP contribution is 2.21. The van der Waals surface area contributed by atoms with Crippen LogP contribution in [0.25, 0.3) is 0 Å². The fraction of sp³-hybridized carbons (Fsp3) is 0.381. The predicted octanol–water partition coefficient (Wildman–Crippen LogP) is 4.65. The molecule has 0 radical (unpaired) electrons. The first-order valence-electron chi connectivity index (χ1n) is 8.52. The SMILES string of the molecule is CC[C@H](NC(=O)[C@@H](C)Oc1ccccc1C)c1ccc(C)c(C)c1. The molecule has 0 heterocycles. The molecule has 1 N–H and O–H groups in total. The highest BCUT2D eigenvalue weighted by atomic mass is 16.5. The van der Waals surface area contributed by atoms with Gasteiger partial charge in [0.25, 0.3) is 5.91 Å². The van der Waals surface area contributed by atoms with Crippen LogP contribution in [0, 0.1) is 20.8 Å². The Labute approximate surface area is 145 Å². The Kier molecular flexibility index (Phi) is 6.02. The molecule has 0 spiro atoms. The molecular weight excluding hydrogens is 298 g/mol. The lowest BCUT2D eigenvalue weighted by Crippen LogP contribution is -2.38. The van der Waals surface area contributed by atoms with Crippen LogP contribution in [0.15, 0.2) is 42.5 Å². The van der Waals surface area contributed by atoms with E-state index >= 15 is 0 Å². The van der Waals surface area contributed by atoms with E-state index in [0.29, 0.717) is 0 Å². The van der Waals surface area contributed by atoms with Gasteiger partial charge in [-0.15, -0.1) is 0 Å². The zero-order valence-electron chi connectivity index (χ0n) is 15.2. The number of rotatable bonds is 6. The molecule has 2 rings (SSSR count). The van der Waals surface area contributed by atoms with Gasteiger partial charge in [0.15, 0.2) is 6.10 Å². The standard InChI is InChI=1S/C21H27NO2/c1-6-19(18-12-11-14(2)16(4)13-18)22-21(23)17(5)24-20-10-8-7-9-15(20)3/h7-13,17,19H,6H2,1-5H3,(H,22,23)/t17-,19+/m1/s1. The fourth-order valence-electron chi connectivity index (χ4n) is 2.62. The van der Waals surface area contributed by atoms with Gasteiger partial charge in [-0.3, -0.25) is 4.79 Å². The van der Waals surface area contributed by atoms with Crippen molar-refractivity contribution in [2.24, 2.45) is 0 Å². The summed E-state index contributed by atoms with van der Waals surface area (Å²) in [5, 5.41) is 3.11. The van der Waals surface area contributed by atoms with E-state index < -0.39 is 6.10 Å². The lowest BCUT2D eigenvalue weighted by Gasteiger charge is -2.22. The summed E-state index contributed by atoms with van der Waals surface area (Å²) in [6, 6.07) is 14.1. The van der Waals surface area contributed by atoms with Gasteiger partial charge in [0.1, 0.15) is 5.75 Å². The molecule has 0 aliphatic carbocycles. The first-order valence-corrected chi connectivity index (χ1v) is 8.52. The van der Waals surface area contributed by atoms with Crippen molar-refractivity contribution in [1.29, 1.82) is 0 Å². The lowest BCUT2D eigenvalue weighted by atomic mass is 9.99. The molecule has 0 fully saturated rings. The summed E-state index contributed by atoms with van der Waals surface area (Å²) in [6.45, 7) is 10.0. The molecule has 24 heavy (non-hydrogen) atoms. The molecule has 1 amide bonds. The summed E-state index contributed by atoms with van der Waals surface area (Å²) in [5.41, 5.74) is 4.66. The number of ether oxygens (including phenoxy) is 1. The third kappa shape index (κ3) is 4.38. The number of nitrogens with one attached hydrogen (secondary N) is 1. The average molecular weight is 325 g/mol. The number of carbonyl (C=O) groups excluding carboxylic acids is 1. The van der Waals surface area contributed by atoms with Gasteiger partial charge in [-0.1, -0.05) is 43.3 Å². The van der Waals surface area contributed by atoms with Crippen molar-refractivity contribution >= 4 is 5.91 Å². The van der Waals surface area contributed by atoms with Crippen molar-refractivity contribution in [2.45, 2.75) is 53.2 Å². The van der Waals surface area contributed by atoms with Crippen LogP contribution in [0.2, 0.25) is 0 Å². The van der Waals surface area contributed by atoms with E-state index in [1.165, 1.54) is 11.1 Å². The third-order valence-electron chi connectivity index (χ3n) is 4.42. The highest BCUT2D eigenvalue weighted by Gasteiger charge is 2.20. The lowest BCUT2D eigenvalue weighted by molar-refractivity contribution is -0.128. The van der Waals surface area contributed by atoms with E-state index in [2.05, 4.69) is 44.3 Å². The topological polar surface area (TPSA) is 38.3 Å². The van der Waals surface area contributed by atoms with Crippen LogP contribution in [0.3, 0.4) is 0 Å². The molecule has 0 bridgehead atoms. The first-order chi connectivity index (χ1) is 11.4. The molecule has 2 aromatic rings. The van der Waals surface area contributed by atoms with Gasteiger partial charge in [-0.2, -0.15) is 0 Å². The Morgan fingerprint density at radius 3 is 2.38 bits per heavy atom. The van der Waals surface area contributed by atoms with Gasteiger partial charge < -0.3 is 10.1 Å². The summed E-state index contributed by atoms with van der Waals surface area (Å²) < 4.78 is 5.82. The maximum atomic E-state index is 12.5. The van der Waals surface area contributed by atoms with E-state index in [1.807, 2.05) is 31.2 Å². The highest BCUT2D eigenvalue weighted by molar-refractivity contribution is 5.81. The van der Waals surface area contributed by atoms with E-state index in [-0.39, 0.29) is 11.9 Å². The van der Waals surface area contributed by atoms with E-state index in [1.54, 1.807) is 6.92 Å². The minimum Gasteiger partial charge on any atom is -0.481 e. The summed E-state index contributed by atoms with van der Waals surface area (Å²) in [4.78, 5) is 12.5. The van der Waals surface area contributed by atoms with Crippen molar-refractivity contribution in [2.75, 3.05) is 0 Å². The van der Waals surface area contributed by atoms with Crippen LogP contribution in [0.5, 0.6) is 5.75 Å². The number of amides is 1. The summed E-state index contributed by atoms with van der Waals surface area (Å²) in [5.74, 6) is 0.655. The first kappa shape index (κ1) is 18.1. The Morgan fingerprint density at radius 2 is 1.75 bits per heavy atom. The van der Waals surface area contributed by atoms with Crippen molar-refractivity contribution in [3.05, 3.63) is 64.7 Å². The largest absolute Gasteiger partial charge is 0.481 e. The molecule has 0 aliphatic rings. The smallest absolute Gasteiger partial charge is 0.261 e. The number of carbonyl (C=O) groups is 1. The van der Waals surface area contributed by atoms with Crippen LogP contribution in [0.1, 0.15) is 48.6 Å². The van der Waals surface area contributed by atoms with Crippen LogP contribution < -0.4 is 10.1 Å². The second kappa shape index (κ2) is 8.00. The van der Waals surface area contributed by atoms with Crippen molar-refractivity contribution < 1.29 is 9.53 Å². The average Bonchev–Trinajstić information content (AvgIpc) is 2.57. The molecule has 2 atom stereocenters. The second-order valence-electron chi connectivity index (χ2n) is 6.34. The molecule has 128 valence electrons. The summed E-state index contributed by atoms with van der Waals surface area (Å²) in [7, 11) is 0. The summed E-state index contributed by atoms with van der Waals surface area (Å²) in [6.07, 6.45) is 0.303. The Balaban J connectivity index is 2.05. The quantitative estimate of drug-likeness (QED) is 0.840. The molecule has 0 saturated heterocycles. The van der Waals surface area contributed by atoms with Crippen molar-refractivity contribution in [3.63, 3.8) is 0 Å². The number of aryl methyl sites for hydroxylation is 3. The van der Waals surface area contributed by atoms with E-state index in [4.69, 9.17) is 4.74 Å². The Hall–Kier alpha value is -2.29. The van der Waals surface area contributed by atoms with Crippen LogP contribution in [-0.2, 0) is 4.79 Å². The van der Waals surface area contributed by atoms with Gasteiger partial charge in [-0.25, -0.2) is 0 Å². The molecule has 3 heteroatoms. The Morgan fingerprint density at radius 1 is 1.04 bits per heavy atom. The fourth-order valence-corrected chi connectivity index (χ4v) is 2.62. The molecule has 3 nitrogen and oxygen atoms in total. The number of para-hydroxylation sites is 1. The normalized spacial score (nSPS) is 13.2. The van der Waals surface area contributed by atoms with Crippen LogP contribution in [0.4, 0.5) is 0 Å². The van der Waals surface area contributed by atoms with Crippen molar-refractivity contribution in [1.82, 2.24) is 5.32 Å². The van der Waals surface area contributed by atoms with Gasteiger partial charge in [0.2, 0.25) is 0 Å². The maximum absolute atomic E-state index is 12.5. The van der Waals surface area contributed by atoms with Crippen LogP contribution in [-0.4, -0.2) is 12.0 Å². The number of hydrogen-bond acceptors (Lipinski definition) is 2. The Bertz CT molecular complexity index is 709.